The van der Waals surface area contributed by atoms with Crippen LogP contribution in [0.5, 0.6) is 5.75 Å². The van der Waals surface area contributed by atoms with Crippen LogP contribution in [0.15, 0.2) is 48.5 Å². The first-order chi connectivity index (χ1) is 14.4. The number of rotatable bonds is 9. The molecule has 0 bridgehead atoms. The fourth-order valence-electron chi connectivity index (χ4n) is 3.34. The summed E-state index contributed by atoms with van der Waals surface area (Å²) >= 11 is 0. The maximum Gasteiger partial charge on any atom is 0.326 e. The van der Waals surface area contributed by atoms with Crippen LogP contribution in [-0.4, -0.2) is 28.6 Å². The third-order valence-corrected chi connectivity index (χ3v) is 4.92. The van der Waals surface area contributed by atoms with Crippen LogP contribution in [0.1, 0.15) is 64.2 Å². The molecule has 0 spiro atoms. The number of hydrogen-bond acceptors (Lipinski definition) is 3. The number of carboxylic acids is 1. The number of benzene rings is 2. The lowest BCUT2D eigenvalue weighted by atomic mass is 9.95. The summed E-state index contributed by atoms with van der Waals surface area (Å²) in [5.74, 6) is -0.490. The normalized spacial score (nSPS) is 13.5. The van der Waals surface area contributed by atoms with Crippen LogP contribution < -0.4 is 10.1 Å². The summed E-state index contributed by atoms with van der Waals surface area (Å²) in [5, 5.41) is 12.3. The molecular weight excluding hydrogens is 390 g/mol. The van der Waals surface area contributed by atoms with Crippen molar-refractivity contribution < 1.29 is 19.4 Å². The zero-order chi connectivity index (χ0) is 23.2. The van der Waals surface area contributed by atoms with Crippen molar-refractivity contribution in [2.75, 3.05) is 0 Å². The summed E-state index contributed by atoms with van der Waals surface area (Å²) < 4.78 is 5.80. The maximum absolute atomic E-state index is 12.7. The standard InChI is InChI=1S/C26H35NO4/c1-17(2)15-19-7-11-21(12-8-19)18(3)24(28)27-23(25(29)30)16-20-9-13-22(14-10-20)31-26(4,5)6/h7-14,17-18,23H,15-16H2,1-6H3,(H,27,28)(H,29,30). The smallest absolute Gasteiger partial charge is 0.326 e. The van der Waals surface area contributed by atoms with E-state index in [-0.39, 0.29) is 17.9 Å². The lowest BCUT2D eigenvalue weighted by molar-refractivity contribution is -0.141. The van der Waals surface area contributed by atoms with Crippen molar-refractivity contribution in [1.29, 1.82) is 0 Å². The number of amides is 1. The summed E-state index contributed by atoms with van der Waals surface area (Å²) in [4.78, 5) is 24.5. The number of carboxylic acid groups (broad SMARTS) is 1. The zero-order valence-electron chi connectivity index (χ0n) is 19.4. The van der Waals surface area contributed by atoms with Crippen LogP contribution in [-0.2, 0) is 22.4 Å². The van der Waals surface area contributed by atoms with Crippen molar-refractivity contribution in [3.63, 3.8) is 0 Å². The molecule has 2 atom stereocenters. The molecule has 0 radical (unpaired) electrons. The van der Waals surface area contributed by atoms with Gasteiger partial charge in [0, 0.05) is 6.42 Å². The average molecular weight is 426 g/mol. The van der Waals surface area contributed by atoms with Crippen LogP contribution in [0.2, 0.25) is 0 Å². The van der Waals surface area contributed by atoms with Gasteiger partial charge in [0.1, 0.15) is 17.4 Å². The molecule has 0 fully saturated rings. The Morgan fingerprint density at radius 2 is 1.42 bits per heavy atom. The minimum Gasteiger partial charge on any atom is -0.488 e. The number of ether oxygens (including phenoxy) is 1. The number of aliphatic carboxylic acids is 1. The van der Waals surface area contributed by atoms with Crippen molar-refractivity contribution in [1.82, 2.24) is 5.32 Å². The molecule has 2 aromatic rings. The second-order valence-corrected chi connectivity index (χ2v) is 9.52. The molecule has 0 aliphatic heterocycles. The van der Waals surface area contributed by atoms with Gasteiger partial charge in [-0.05, 0) is 68.9 Å². The highest BCUT2D eigenvalue weighted by atomic mass is 16.5. The molecule has 31 heavy (non-hydrogen) atoms. The number of hydrogen-bond donors (Lipinski definition) is 2. The highest BCUT2D eigenvalue weighted by Gasteiger charge is 2.24. The Morgan fingerprint density at radius 1 is 0.903 bits per heavy atom. The third-order valence-electron chi connectivity index (χ3n) is 4.92. The third kappa shape index (κ3) is 8.08. The van der Waals surface area contributed by atoms with Crippen molar-refractivity contribution in [3.05, 3.63) is 65.2 Å². The predicted octanol–water partition coefficient (Wildman–Crippen LogP) is 4.98. The second-order valence-electron chi connectivity index (χ2n) is 9.52. The molecule has 168 valence electrons. The van der Waals surface area contributed by atoms with E-state index >= 15 is 0 Å². The highest BCUT2D eigenvalue weighted by molar-refractivity contribution is 5.88. The Bertz CT molecular complexity index is 864. The van der Waals surface area contributed by atoms with Gasteiger partial charge in [0.2, 0.25) is 5.91 Å². The van der Waals surface area contributed by atoms with E-state index in [0.29, 0.717) is 5.92 Å². The Hall–Kier alpha value is -2.82. The Labute approximate surface area is 185 Å². The predicted molar refractivity (Wildman–Crippen MR) is 123 cm³/mol. The monoisotopic (exact) mass is 425 g/mol. The Balaban J connectivity index is 2.02. The Kier molecular flexibility index (Phi) is 8.26. The van der Waals surface area contributed by atoms with E-state index in [2.05, 4.69) is 19.2 Å². The van der Waals surface area contributed by atoms with Gasteiger partial charge in [-0.2, -0.15) is 0 Å². The van der Waals surface area contributed by atoms with Gasteiger partial charge < -0.3 is 15.2 Å². The van der Waals surface area contributed by atoms with Crippen LogP contribution in [0.25, 0.3) is 0 Å². The zero-order valence-corrected chi connectivity index (χ0v) is 19.4. The first kappa shape index (κ1) is 24.4. The molecule has 0 saturated heterocycles. The first-order valence-electron chi connectivity index (χ1n) is 10.8. The molecule has 2 N–H and O–H groups in total. The molecule has 1 amide bonds. The van der Waals surface area contributed by atoms with Crippen LogP contribution >= 0.6 is 0 Å². The summed E-state index contributed by atoms with van der Waals surface area (Å²) in [5.41, 5.74) is 2.62. The van der Waals surface area contributed by atoms with Crippen molar-refractivity contribution in [2.24, 2.45) is 5.92 Å². The largest absolute Gasteiger partial charge is 0.488 e. The maximum atomic E-state index is 12.7. The van der Waals surface area contributed by atoms with Gasteiger partial charge >= 0.3 is 5.97 Å². The van der Waals surface area contributed by atoms with E-state index < -0.39 is 17.9 Å². The van der Waals surface area contributed by atoms with Crippen molar-refractivity contribution in [3.8, 4) is 5.75 Å². The number of carbonyl (C=O) groups excluding carboxylic acids is 1. The van der Waals surface area contributed by atoms with Crippen molar-refractivity contribution in [2.45, 2.75) is 71.9 Å². The molecule has 5 nitrogen and oxygen atoms in total. The number of carbonyl (C=O) groups is 2. The molecule has 0 heterocycles. The summed E-state index contributed by atoms with van der Waals surface area (Å²) in [6, 6.07) is 14.3. The second kappa shape index (κ2) is 10.5. The fraction of sp³-hybridized carbons (Fsp3) is 0.462. The van der Waals surface area contributed by atoms with Gasteiger partial charge in [-0.1, -0.05) is 50.2 Å². The molecule has 5 heteroatoms. The fourth-order valence-corrected chi connectivity index (χ4v) is 3.34. The van der Waals surface area contributed by atoms with E-state index in [1.807, 2.05) is 69.3 Å². The summed E-state index contributed by atoms with van der Waals surface area (Å²) in [6.45, 7) is 12.0. The molecular formula is C26H35NO4. The van der Waals surface area contributed by atoms with Crippen LogP contribution in [0, 0.1) is 5.92 Å². The first-order valence-corrected chi connectivity index (χ1v) is 10.8. The van der Waals surface area contributed by atoms with E-state index in [1.165, 1.54) is 5.56 Å². The molecule has 0 aromatic heterocycles. The van der Waals surface area contributed by atoms with Gasteiger partial charge in [-0.25, -0.2) is 4.79 Å². The molecule has 0 aliphatic carbocycles. The minimum absolute atomic E-state index is 0.205. The van der Waals surface area contributed by atoms with Gasteiger partial charge in [0.15, 0.2) is 0 Å². The topological polar surface area (TPSA) is 75.6 Å². The van der Waals surface area contributed by atoms with Crippen LogP contribution in [0.3, 0.4) is 0 Å². The highest BCUT2D eigenvalue weighted by Crippen LogP contribution is 2.20. The summed E-state index contributed by atoms with van der Waals surface area (Å²) in [7, 11) is 0. The quantitative estimate of drug-likeness (QED) is 0.594. The van der Waals surface area contributed by atoms with Crippen molar-refractivity contribution >= 4 is 11.9 Å². The Morgan fingerprint density at radius 3 is 1.90 bits per heavy atom. The SMILES string of the molecule is CC(C)Cc1ccc(C(C)C(=O)NC(Cc2ccc(OC(C)(C)C)cc2)C(=O)O)cc1. The summed E-state index contributed by atoms with van der Waals surface area (Å²) in [6.07, 6.45) is 1.19. The lowest BCUT2D eigenvalue weighted by Gasteiger charge is -2.22. The van der Waals surface area contributed by atoms with E-state index in [4.69, 9.17) is 4.74 Å². The van der Waals surface area contributed by atoms with Crippen LogP contribution in [0.4, 0.5) is 0 Å². The van der Waals surface area contributed by atoms with Gasteiger partial charge in [-0.3, -0.25) is 4.79 Å². The average Bonchev–Trinajstić information content (AvgIpc) is 2.67. The van der Waals surface area contributed by atoms with Gasteiger partial charge in [-0.15, -0.1) is 0 Å². The molecule has 2 rings (SSSR count). The molecule has 2 aromatic carbocycles. The lowest BCUT2D eigenvalue weighted by Crippen LogP contribution is -2.44. The van der Waals surface area contributed by atoms with E-state index in [9.17, 15) is 14.7 Å². The molecule has 0 aliphatic rings. The van der Waals surface area contributed by atoms with Gasteiger partial charge in [0.05, 0.1) is 5.92 Å². The molecule has 2 unspecified atom stereocenters. The van der Waals surface area contributed by atoms with E-state index in [1.54, 1.807) is 6.92 Å². The van der Waals surface area contributed by atoms with Gasteiger partial charge in [0.25, 0.3) is 0 Å². The number of nitrogens with one attached hydrogen (secondary N) is 1. The van der Waals surface area contributed by atoms with E-state index in [0.717, 1.165) is 23.3 Å². The minimum atomic E-state index is -1.05. The molecule has 0 saturated carbocycles.